The first-order valence-corrected chi connectivity index (χ1v) is 7.90. The molecule has 120 valence electrons. The molecule has 0 spiro atoms. The van der Waals surface area contributed by atoms with Crippen molar-refractivity contribution in [3.8, 4) is 0 Å². The number of likely N-dealkylation sites (tertiary alicyclic amines) is 1. The first kappa shape index (κ1) is 16.3. The monoisotopic (exact) mass is 303 g/mol. The molecule has 1 aromatic rings. The van der Waals surface area contributed by atoms with Crippen LogP contribution < -0.4 is 10.6 Å². The lowest BCUT2D eigenvalue weighted by atomic mass is 10.1. The van der Waals surface area contributed by atoms with Gasteiger partial charge in [0.25, 0.3) is 5.91 Å². The van der Waals surface area contributed by atoms with Gasteiger partial charge in [0.15, 0.2) is 0 Å². The van der Waals surface area contributed by atoms with Crippen LogP contribution in [0.4, 0.5) is 10.5 Å². The van der Waals surface area contributed by atoms with Gasteiger partial charge in [0.1, 0.15) is 0 Å². The number of urea groups is 1. The van der Waals surface area contributed by atoms with Crippen molar-refractivity contribution in [1.82, 2.24) is 10.2 Å². The summed E-state index contributed by atoms with van der Waals surface area (Å²) in [6.45, 7) is 6.12. The minimum absolute atomic E-state index is 0.0750. The largest absolute Gasteiger partial charge is 0.355 e. The van der Waals surface area contributed by atoms with Crippen LogP contribution in [-0.4, -0.2) is 36.0 Å². The van der Waals surface area contributed by atoms with Crippen LogP contribution in [0.25, 0.3) is 0 Å². The van der Waals surface area contributed by atoms with Gasteiger partial charge in [-0.05, 0) is 50.8 Å². The molecular weight excluding hydrogens is 278 g/mol. The average Bonchev–Trinajstić information content (AvgIpc) is 2.89. The number of aryl methyl sites for hydroxylation is 1. The SMILES string of the molecule is CC[C@@H]1CC[C@H](C)N1C(=O)Nc1cc(C(=O)NC)ccc1C. The normalized spacial score (nSPS) is 20.8. The molecule has 0 radical (unpaired) electrons. The fourth-order valence-corrected chi connectivity index (χ4v) is 3.06. The van der Waals surface area contributed by atoms with Gasteiger partial charge in [-0.25, -0.2) is 4.79 Å². The minimum atomic E-state index is -0.156. The van der Waals surface area contributed by atoms with Crippen LogP contribution in [0.1, 0.15) is 49.0 Å². The van der Waals surface area contributed by atoms with Crippen LogP contribution in [0.15, 0.2) is 18.2 Å². The Balaban J connectivity index is 2.19. The number of carbonyl (C=O) groups is 2. The van der Waals surface area contributed by atoms with Crippen LogP contribution in [0.5, 0.6) is 0 Å². The summed E-state index contributed by atoms with van der Waals surface area (Å²) in [5, 5.41) is 5.57. The summed E-state index contributed by atoms with van der Waals surface area (Å²) < 4.78 is 0. The Bertz CT molecular complexity index is 571. The van der Waals surface area contributed by atoms with Crippen LogP contribution in [-0.2, 0) is 0 Å². The number of hydrogen-bond acceptors (Lipinski definition) is 2. The van der Waals surface area contributed by atoms with Gasteiger partial charge < -0.3 is 15.5 Å². The Morgan fingerprint density at radius 3 is 2.68 bits per heavy atom. The zero-order chi connectivity index (χ0) is 16.3. The van der Waals surface area contributed by atoms with E-state index < -0.39 is 0 Å². The van der Waals surface area contributed by atoms with E-state index in [1.54, 1.807) is 19.2 Å². The number of amides is 3. The van der Waals surface area contributed by atoms with Crippen molar-refractivity contribution in [2.75, 3.05) is 12.4 Å². The number of rotatable bonds is 3. The van der Waals surface area contributed by atoms with E-state index in [9.17, 15) is 9.59 Å². The fraction of sp³-hybridized carbons (Fsp3) is 0.529. The molecule has 2 N–H and O–H groups in total. The van der Waals surface area contributed by atoms with Crippen molar-refractivity contribution in [2.45, 2.75) is 52.1 Å². The second-order valence-corrected chi connectivity index (χ2v) is 5.93. The van der Waals surface area contributed by atoms with Gasteiger partial charge in [-0.2, -0.15) is 0 Å². The Labute approximate surface area is 132 Å². The Hall–Kier alpha value is -2.04. The summed E-state index contributed by atoms with van der Waals surface area (Å²) in [6.07, 6.45) is 3.07. The number of hydrogen-bond donors (Lipinski definition) is 2. The molecule has 0 saturated carbocycles. The molecule has 1 aliphatic heterocycles. The molecule has 1 aromatic carbocycles. The predicted octanol–water partition coefficient (Wildman–Crippen LogP) is 3.15. The van der Waals surface area contributed by atoms with Crippen LogP contribution in [0.3, 0.4) is 0 Å². The molecule has 1 fully saturated rings. The number of nitrogens with one attached hydrogen (secondary N) is 2. The van der Waals surface area contributed by atoms with E-state index >= 15 is 0 Å². The summed E-state index contributed by atoms with van der Waals surface area (Å²) in [5.41, 5.74) is 2.19. The average molecular weight is 303 g/mol. The zero-order valence-electron chi connectivity index (χ0n) is 13.8. The lowest BCUT2D eigenvalue weighted by molar-refractivity contribution is 0.0963. The van der Waals surface area contributed by atoms with Gasteiger partial charge in [0.2, 0.25) is 0 Å². The molecule has 0 unspecified atom stereocenters. The standard InChI is InChI=1S/C17H25N3O2/c1-5-14-9-7-12(3)20(14)17(22)19-15-10-13(16(21)18-4)8-6-11(15)2/h6,8,10,12,14H,5,7,9H2,1-4H3,(H,18,21)(H,19,22)/t12-,14+/m0/s1. The number of nitrogens with zero attached hydrogens (tertiary/aromatic N) is 1. The second-order valence-electron chi connectivity index (χ2n) is 5.93. The first-order chi connectivity index (χ1) is 10.5. The highest BCUT2D eigenvalue weighted by Gasteiger charge is 2.33. The van der Waals surface area contributed by atoms with Crippen LogP contribution in [0.2, 0.25) is 0 Å². The lowest BCUT2D eigenvalue weighted by Gasteiger charge is -2.28. The third kappa shape index (κ3) is 3.24. The maximum absolute atomic E-state index is 12.6. The number of anilines is 1. The molecule has 2 rings (SSSR count). The molecular formula is C17H25N3O2. The number of carbonyl (C=O) groups excluding carboxylic acids is 2. The topological polar surface area (TPSA) is 61.4 Å². The smallest absolute Gasteiger partial charge is 0.322 e. The van der Waals surface area contributed by atoms with Crippen LogP contribution in [0, 0.1) is 6.92 Å². The molecule has 3 amide bonds. The summed E-state index contributed by atoms with van der Waals surface area (Å²) in [7, 11) is 1.60. The van der Waals surface area contributed by atoms with Gasteiger partial charge >= 0.3 is 6.03 Å². The maximum Gasteiger partial charge on any atom is 0.322 e. The summed E-state index contributed by atoms with van der Waals surface area (Å²) in [6, 6.07) is 5.83. The highest BCUT2D eigenvalue weighted by Crippen LogP contribution is 2.27. The summed E-state index contributed by atoms with van der Waals surface area (Å²) in [4.78, 5) is 26.3. The van der Waals surface area contributed by atoms with E-state index in [4.69, 9.17) is 0 Å². The third-order valence-electron chi connectivity index (χ3n) is 4.46. The Morgan fingerprint density at radius 1 is 1.32 bits per heavy atom. The van der Waals surface area contributed by atoms with Gasteiger partial charge in [-0.15, -0.1) is 0 Å². The highest BCUT2D eigenvalue weighted by atomic mass is 16.2. The zero-order valence-corrected chi connectivity index (χ0v) is 13.8. The van der Waals surface area contributed by atoms with Crippen molar-refractivity contribution in [1.29, 1.82) is 0 Å². The molecule has 5 heteroatoms. The summed E-state index contributed by atoms with van der Waals surface area (Å²) >= 11 is 0. The second kappa shape index (κ2) is 6.81. The van der Waals surface area contributed by atoms with Crippen molar-refractivity contribution >= 4 is 17.6 Å². The van der Waals surface area contributed by atoms with E-state index in [0.717, 1.165) is 24.8 Å². The van der Waals surface area contributed by atoms with E-state index in [1.165, 1.54) is 0 Å². The molecule has 1 heterocycles. The quantitative estimate of drug-likeness (QED) is 0.901. The van der Waals surface area contributed by atoms with Gasteiger partial charge in [-0.3, -0.25) is 4.79 Å². The molecule has 2 atom stereocenters. The molecule has 0 aliphatic carbocycles. The molecule has 5 nitrogen and oxygen atoms in total. The maximum atomic E-state index is 12.6. The van der Waals surface area contributed by atoms with Gasteiger partial charge in [-0.1, -0.05) is 13.0 Å². The van der Waals surface area contributed by atoms with E-state index in [2.05, 4.69) is 24.5 Å². The Kier molecular flexibility index (Phi) is 5.06. The molecule has 1 saturated heterocycles. The number of benzene rings is 1. The highest BCUT2D eigenvalue weighted by molar-refractivity contribution is 5.97. The lowest BCUT2D eigenvalue weighted by Crippen LogP contribution is -2.42. The van der Waals surface area contributed by atoms with E-state index in [0.29, 0.717) is 17.3 Å². The fourth-order valence-electron chi connectivity index (χ4n) is 3.06. The summed E-state index contributed by atoms with van der Waals surface area (Å²) in [5.74, 6) is -0.156. The van der Waals surface area contributed by atoms with Crippen molar-refractivity contribution in [2.24, 2.45) is 0 Å². The van der Waals surface area contributed by atoms with Gasteiger partial charge in [0, 0.05) is 30.4 Å². The van der Waals surface area contributed by atoms with Crippen molar-refractivity contribution in [3.05, 3.63) is 29.3 Å². The minimum Gasteiger partial charge on any atom is -0.355 e. The molecule has 22 heavy (non-hydrogen) atoms. The van der Waals surface area contributed by atoms with Crippen molar-refractivity contribution < 1.29 is 9.59 Å². The first-order valence-electron chi connectivity index (χ1n) is 7.90. The Morgan fingerprint density at radius 2 is 2.05 bits per heavy atom. The van der Waals surface area contributed by atoms with E-state index in [-0.39, 0.29) is 18.0 Å². The third-order valence-corrected chi connectivity index (χ3v) is 4.46. The molecule has 0 aromatic heterocycles. The molecule has 0 bridgehead atoms. The van der Waals surface area contributed by atoms with E-state index in [1.807, 2.05) is 17.9 Å². The van der Waals surface area contributed by atoms with Crippen LogP contribution >= 0.6 is 0 Å². The van der Waals surface area contributed by atoms with Crippen molar-refractivity contribution in [3.63, 3.8) is 0 Å². The molecule has 1 aliphatic rings. The predicted molar refractivity (Wildman–Crippen MR) is 88.2 cm³/mol. The van der Waals surface area contributed by atoms with Gasteiger partial charge in [0.05, 0.1) is 0 Å².